The van der Waals surface area contributed by atoms with E-state index in [1.165, 1.54) is 13.2 Å². The fourth-order valence-corrected chi connectivity index (χ4v) is 2.05. The van der Waals surface area contributed by atoms with Gasteiger partial charge < -0.3 is 4.74 Å². The summed E-state index contributed by atoms with van der Waals surface area (Å²) in [7, 11) is 1.47. The molecule has 2 aromatic carbocycles. The number of ketones is 1. The Bertz CT molecular complexity index is 667. The molecule has 0 aromatic heterocycles. The monoisotopic (exact) mass is 328 g/mol. The summed E-state index contributed by atoms with van der Waals surface area (Å²) in [6.45, 7) is 0. The highest BCUT2D eigenvalue weighted by Gasteiger charge is 2.29. The van der Waals surface area contributed by atoms with E-state index in [1.54, 1.807) is 0 Å². The maximum atomic E-state index is 11.8. The molecular formula is C15H11Cl3O2. The topological polar surface area (TPSA) is 26.3 Å². The van der Waals surface area contributed by atoms with Crippen molar-refractivity contribution in [2.75, 3.05) is 7.11 Å². The molecule has 0 unspecified atom stereocenters. The number of rotatable bonds is 3. The third kappa shape index (κ3) is 3.26. The molecule has 0 amide bonds. The van der Waals surface area contributed by atoms with Crippen LogP contribution in [0.3, 0.4) is 0 Å². The second-order valence-corrected chi connectivity index (χ2v) is 6.38. The predicted molar refractivity (Wildman–Crippen MR) is 84.2 cm³/mol. The second-order valence-electron chi connectivity index (χ2n) is 4.10. The summed E-state index contributed by atoms with van der Waals surface area (Å²) in [6.07, 6.45) is 1.20. The summed E-state index contributed by atoms with van der Waals surface area (Å²) in [5.41, 5.74) is 0.771. The lowest BCUT2D eigenvalue weighted by atomic mass is 10.0. The zero-order valence-corrected chi connectivity index (χ0v) is 12.8. The van der Waals surface area contributed by atoms with Crippen LogP contribution in [-0.4, -0.2) is 16.7 Å². The first-order chi connectivity index (χ1) is 9.43. The molecule has 5 heteroatoms. The molecule has 0 heterocycles. The molecule has 20 heavy (non-hydrogen) atoms. The molecule has 0 aliphatic carbocycles. The highest BCUT2D eigenvalue weighted by atomic mass is 35.6. The van der Waals surface area contributed by atoms with E-state index < -0.39 is 9.58 Å². The van der Waals surface area contributed by atoms with Crippen molar-refractivity contribution in [3.8, 4) is 0 Å². The summed E-state index contributed by atoms with van der Waals surface area (Å²) in [4.78, 5) is 11.8. The smallest absolute Gasteiger partial charge is 0.252 e. The summed E-state index contributed by atoms with van der Waals surface area (Å²) in [5.74, 6) is -0.287. The first kappa shape index (κ1) is 15.2. The van der Waals surface area contributed by atoms with E-state index in [9.17, 15) is 4.79 Å². The molecule has 0 spiro atoms. The van der Waals surface area contributed by atoms with Gasteiger partial charge in [-0.05, 0) is 10.8 Å². The molecule has 0 N–H and O–H groups in total. The van der Waals surface area contributed by atoms with Gasteiger partial charge in [0.1, 0.15) is 5.76 Å². The fraction of sp³-hybridized carbons (Fsp3) is 0.133. The zero-order chi connectivity index (χ0) is 14.8. The number of carbonyl (C=O) groups excluding carboxylic acids is 1. The molecule has 0 bridgehead atoms. The zero-order valence-electron chi connectivity index (χ0n) is 10.6. The van der Waals surface area contributed by atoms with E-state index in [-0.39, 0.29) is 0 Å². The van der Waals surface area contributed by atoms with E-state index in [1.807, 2.05) is 42.5 Å². The van der Waals surface area contributed by atoms with Gasteiger partial charge in [0.25, 0.3) is 3.79 Å². The van der Waals surface area contributed by atoms with Crippen LogP contribution < -0.4 is 0 Å². The quantitative estimate of drug-likeness (QED) is 0.461. The Balaban J connectivity index is 2.56. The molecular weight excluding hydrogens is 319 g/mol. The first-order valence-corrected chi connectivity index (χ1v) is 6.92. The van der Waals surface area contributed by atoms with Gasteiger partial charge in [-0.15, -0.1) is 0 Å². The second kappa shape index (κ2) is 6.04. The van der Waals surface area contributed by atoms with Crippen molar-refractivity contribution in [2.24, 2.45) is 0 Å². The van der Waals surface area contributed by atoms with Crippen molar-refractivity contribution in [1.82, 2.24) is 0 Å². The number of ether oxygens (including phenoxy) is 1. The van der Waals surface area contributed by atoms with Crippen LogP contribution in [0.25, 0.3) is 16.5 Å². The third-order valence-corrected chi connectivity index (χ3v) is 3.38. The van der Waals surface area contributed by atoms with Crippen molar-refractivity contribution in [2.45, 2.75) is 3.79 Å². The van der Waals surface area contributed by atoms with Gasteiger partial charge in [0.05, 0.1) is 7.11 Å². The maximum Gasteiger partial charge on any atom is 0.252 e. The van der Waals surface area contributed by atoms with Crippen LogP contribution in [0.4, 0.5) is 0 Å². The maximum absolute atomic E-state index is 11.8. The SMILES string of the molecule is CO/C(=C\C(=O)C(Cl)(Cl)Cl)c1cccc2ccccc12. The van der Waals surface area contributed by atoms with Gasteiger partial charge in [0.15, 0.2) is 0 Å². The lowest BCUT2D eigenvalue weighted by molar-refractivity contribution is -0.113. The Morgan fingerprint density at radius 2 is 1.75 bits per heavy atom. The number of allylic oxidation sites excluding steroid dienone is 1. The van der Waals surface area contributed by atoms with Gasteiger partial charge in [-0.3, -0.25) is 4.79 Å². The predicted octanol–water partition coefficient (Wildman–Crippen LogP) is 4.77. The third-order valence-electron chi connectivity index (χ3n) is 2.82. The Hall–Kier alpha value is -1.22. The molecule has 0 atom stereocenters. The minimum atomic E-state index is -1.99. The number of hydrogen-bond donors (Lipinski definition) is 0. The average molecular weight is 330 g/mol. The molecule has 0 radical (unpaired) electrons. The van der Waals surface area contributed by atoms with E-state index in [2.05, 4.69) is 0 Å². The number of halogens is 3. The van der Waals surface area contributed by atoms with Gasteiger partial charge in [-0.2, -0.15) is 0 Å². The van der Waals surface area contributed by atoms with Crippen LogP contribution in [0, 0.1) is 0 Å². The number of benzene rings is 2. The van der Waals surface area contributed by atoms with Crippen LogP contribution in [0.5, 0.6) is 0 Å². The van der Waals surface area contributed by atoms with E-state index in [0.717, 1.165) is 16.3 Å². The molecule has 2 aromatic rings. The number of fused-ring (bicyclic) bond motifs is 1. The largest absolute Gasteiger partial charge is 0.496 e. The van der Waals surface area contributed by atoms with Gasteiger partial charge in [0, 0.05) is 11.6 Å². The van der Waals surface area contributed by atoms with Crippen molar-refractivity contribution in [3.63, 3.8) is 0 Å². The average Bonchev–Trinajstić information content (AvgIpc) is 2.43. The minimum Gasteiger partial charge on any atom is -0.496 e. The fourth-order valence-electron chi connectivity index (χ4n) is 1.89. The molecule has 0 saturated carbocycles. The van der Waals surface area contributed by atoms with Crippen LogP contribution in [0.15, 0.2) is 48.5 Å². The number of alkyl halides is 3. The highest BCUT2D eigenvalue weighted by Crippen LogP contribution is 2.31. The van der Waals surface area contributed by atoms with Crippen molar-refractivity contribution < 1.29 is 9.53 Å². The van der Waals surface area contributed by atoms with E-state index >= 15 is 0 Å². The van der Waals surface area contributed by atoms with Gasteiger partial charge in [-0.25, -0.2) is 0 Å². The van der Waals surface area contributed by atoms with Crippen LogP contribution >= 0.6 is 34.8 Å². The summed E-state index contributed by atoms with van der Waals surface area (Å²) >= 11 is 16.7. The van der Waals surface area contributed by atoms with E-state index in [0.29, 0.717) is 5.76 Å². The first-order valence-electron chi connectivity index (χ1n) is 5.78. The Labute approximate surface area is 131 Å². The van der Waals surface area contributed by atoms with Gasteiger partial charge in [0.2, 0.25) is 5.78 Å². The summed E-state index contributed by atoms with van der Waals surface area (Å²) in [6, 6.07) is 13.5. The molecule has 2 rings (SSSR count). The normalized spacial score (nSPS) is 12.5. The molecule has 2 nitrogen and oxygen atoms in total. The lowest BCUT2D eigenvalue weighted by Gasteiger charge is -2.11. The molecule has 0 fully saturated rings. The molecule has 0 aliphatic rings. The molecule has 104 valence electrons. The standard InChI is InChI=1S/C15H11Cl3O2/c1-20-13(9-14(19)15(16,17)18)12-8-4-6-10-5-2-3-7-11(10)12/h2-9H,1H3/b13-9-. The van der Waals surface area contributed by atoms with Gasteiger partial charge in [-0.1, -0.05) is 77.3 Å². The van der Waals surface area contributed by atoms with Crippen LogP contribution in [0.2, 0.25) is 0 Å². The highest BCUT2D eigenvalue weighted by molar-refractivity contribution is 6.77. The summed E-state index contributed by atoms with van der Waals surface area (Å²) in [5, 5.41) is 1.99. The van der Waals surface area contributed by atoms with Crippen molar-refractivity contribution in [1.29, 1.82) is 0 Å². The lowest BCUT2D eigenvalue weighted by Crippen LogP contribution is -2.16. The summed E-state index contributed by atoms with van der Waals surface area (Å²) < 4.78 is 3.28. The molecule has 0 saturated heterocycles. The van der Waals surface area contributed by atoms with Crippen molar-refractivity contribution in [3.05, 3.63) is 54.1 Å². The number of hydrogen-bond acceptors (Lipinski definition) is 2. The Morgan fingerprint density at radius 3 is 2.40 bits per heavy atom. The minimum absolute atomic E-state index is 0.359. The van der Waals surface area contributed by atoms with E-state index in [4.69, 9.17) is 39.5 Å². The van der Waals surface area contributed by atoms with Gasteiger partial charge >= 0.3 is 0 Å². The molecule has 0 aliphatic heterocycles. The Morgan fingerprint density at radius 1 is 1.10 bits per heavy atom. The van der Waals surface area contributed by atoms with Crippen LogP contribution in [-0.2, 0) is 9.53 Å². The number of methoxy groups -OCH3 is 1. The van der Waals surface area contributed by atoms with Crippen LogP contribution in [0.1, 0.15) is 5.56 Å². The number of carbonyl (C=O) groups is 1. The Kier molecular flexibility index (Phi) is 4.59. The van der Waals surface area contributed by atoms with Crippen molar-refractivity contribution >= 4 is 57.1 Å².